The Morgan fingerprint density at radius 3 is 2.33 bits per heavy atom. The molecule has 0 saturated heterocycles. The molecular formula is C21H14IN3O2. The molecule has 0 spiro atoms. The number of fused-ring (bicyclic) bond motifs is 1. The Bertz CT molecular complexity index is 1200. The second-order valence-corrected chi connectivity index (χ2v) is 7.16. The Morgan fingerprint density at radius 1 is 0.889 bits per heavy atom. The fourth-order valence-corrected chi connectivity index (χ4v) is 3.40. The van der Waals surface area contributed by atoms with Crippen molar-refractivity contribution in [2.45, 2.75) is 0 Å². The molecule has 1 aromatic heterocycles. The van der Waals surface area contributed by atoms with Gasteiger partial charge in [0.1, 0.15) is 0 Å². The SMILES string of the molecule is O=C(Nc1cccc(I)c1)c1nn(-c2ccccc2)c(=O)c2ccccc12. The molecule has 4 rings (SSSR count). The number of para-hydroxylation sites is 1. The topological polar surface area (TPSA) is 64.0 Å². The molecule has 1 N–H and O–H groups in total. The van der Waals surface area contributed by atoms with E-state index >= 15 is 0 Å². The van der Waals surface area contributed by atoms with Gasteiger partial charge in [0.25, 0.3) is 11.5 Å². The third-order valence-corrected chi connectivity index (χ3v) is 4.77. The lowest BCUT2D eigenvalue weighted by atomic mass is 10.1. The molecule has 6 heteroatoms. The van der Waals surface area contributed by atoms with Crippen molar-refractivity contribution in [1.82, 2.24) is 9.78 Å². The van der Waals surface area contributed by atoms with Gasteiger partial charge in [0.15, 0.2) is 5.69 Å². The largest absolute Gasteiger partial charge is 0.321 e. The number of hydrogen-bond donors (Lipinski definition) is 1. The maximum Gasteiger partial charge on any atom is 0.279 e. The first-order chi connectivity index (χ1) is 13.1. The van der Waals surface area contributed by atoms with Crippen molar-refractivity contribution in [2.24, 2.45) is 0 Å². The molecule has 0 aliphatic carbocycles. The maximum atomic E-state index is 12.9. The Hall–Kier alpha value is -3.00. The van der Waals surface area contributed by atoms with Crippen LogP contribution < -0.4 is 10.9 Å². The van der Waals surface area contributed by atoms with Crippen LogP contribution in [0.4, 0.5) is 5.69 Å². The lowest BCUT2D eigenvalue weighted by Crippen LogP contribution is -2.26. The van der Waals surface area contributed by atoms with Crippen LogP contribution in [0.2, 0.25) is 0 Å². The quantitative estimate of drug-likeness (QED) is 0.459. The highest BCUT2D eigenvalue weighted by molar-refractivity contribution is 14.1. The Balaban J connectivity index is 1.88. The van der Waals surface area contributed by atoms with E-state index in [1.807, 2.05) is 42.5 Å². The van der Waals surface area contributed by atoms with Crippen molar-refractivity contribution >= 4 is 45.0 Å². The maximum absolute atomic E-state index is 12.9. The van der Waals surface area contributed by atoms with Crippen LogP contribution in [0.1, 0.15) is 10.5 Å². The number of carbonyl (C=O) groups is 1. The van der Waals surface area contributed by atoms with Crippen LogP contribution in [0.3, 0.4) is 0 Å². The third-order valence-electron chi connectivity index (χ3n) is 4.10. The van der Waals surface area contributed by atoms with Gasteiger partial charge in [0.2, 0.25) is 0 Å². The van der Waals surface area contributed by atoms with Gasteiger partial charge in [-0.25, -0.2) is 0 Å². The van der Waals surface area contributed by atoms with E-state index in [-0.39, 0.29) is 17.2 Å². The summed E-state index contributed by atoms with van der Waals surface area (Å²) >= 11 is 2.19. The zero-order chi connectivity index (χ0) is 18.8. The molecule has 0 bridgehead atoms. The lowest BCUT2D eigenvalue weighted by molar-refractivity contribution is 0.102. The number of hydrogen-bond acceptors (Lipinski definition) is 3. The fraction of sp³-hybridized carbons (Fsp3) is 0. The van der Waals surface area contributed by atoms with Crippen molar-refractivity contribution in [2.75, 3.05) is 5.32 Å². The zero-order valence-corrected chi connectivity index (χ0v) is 16.3. The summed E-state index contributed by atoms with van der Waals surface area (Å²) in [7, 11) is 0. The predicted octanol–water partition coefficient (Wildman–Crippen LogP) is 4.24. The summed E-state index contributed by atoms with van der Waals surface area (Å²) in [6.45, 7) is 0. The Morgan fingerprint density at radius 2 is 1.59 bits per heavy atom. The van der Waals surface area contributed by atoms with E-state index in [1.165, 1.54) is 4.68 Å². The highest BCUT2D eigenvalue weighted by atomic mass is 127. The molecule has 0 fully saturated rings. The molecule has 5 nitrogen and oxygen atoms in total. The van der Waals surface area contributed by atoms with Gasteiger partial charge in [-0.2, -0.15) is 9.78 Å². The van der Waals surface area contributed by atoms with Gasteiger partial charge in [0.05, 0.1) is 11.1 Å². The molecule has 1 amide bonds. The third kappa shape index (κ3) is 3.48. The van der Waals surface area contributed by atoms with Crippen molar-refractivity contribution in [3.05, 3.63) is 98.5 Å². The average molecular weight is 467 g/mol. The number of benzene rings is 3. The molecule has 0 unspecified atom stereocenters. The highest BCUT2D eigenvalue weighted by Gasteiger charge is 2.17. The summed E-state index contributed by atoms with van der Waals surface area (Å²) < 4.78 is 2.28. The van der Waals surface area contributed by atoms with Gasteiger partial charge in [0, 0.05) is 14.6 Å². The summed E-state index contributed by atoms with van der Waals surface area (Å²) in [6.07, 6.45) is 0. The van der Waals surface area contributed by atoms with E-state index in [0.29, 0.717) is 22.1 Å². The van der Waals surface area contributed by atoms with E-state index < -0.39 is 0 Å². The molecule has 0 radical (unpaired) electrons. The minimum Gasteiger partial charge on any atom is -0.321 e. The number of nitrogens with one attached hydrogen (secondary N) is 1. The van der Waals surface area contributed by atoms with Crippen LogP contribution in [0.5, 0.6) is 0 Å². The minimum atomic E-state index is -0.363. The van der Waals surface area contributed by atoms with Crippen LogP contribution in [0.15, 0.2) is 83.7 Å². The van der Waals surface area contributed by atoms with E-state index in [9.17, 15) is 9.59 Å². The van der Waals surface area contributed by atoms with Crippen LogP contribution in [-0.2, 0) is 0 Å². The predicted molar refractivity (Wildman–Crippen MR) is 114 cm³/mol. The molecule has 1 heterocycles. The second kappa shape index (κ2) is 7.32. The van der Waals surface area contributed by atoms with Crippen molar-refractivity contribution < 1.29 is 4.79 Å². The summed E-state index contributed by atoms with van der Waals surface area (Å²) in [5.41, 5.74) is 1.22. The van der Waals surface area contributed by atoms with E-state index in [0.717, 1.165) is 3.57 Å². The molecule has 0 atom stereocenters. The van der Waals surface area contributed by atoms with Crippen LogP contribution in [0.25, 0.3) is 16.5 Å². The zero-order valence-electron chi connectivity index (χ0n) is 14.1. The lowest BCUT2D eigenvalue weighted by Gasteiger charge is -2.11. The molecule has 4 aromatic rings. The number of amides is 1. The van der Waals surface area contributed by atoms with Gasteiger partial charge in [-0.05, 0) is 59.0 Å². The number of anilines is 1. The van der Waals surface area contributed by atoms with E-state index in [1.54, 1.807) is 36.4 Å². The smallest absolute Gasteiger partial charge is 0.279 e. The highest BCUT2D eigenvalue weighted by Crippen LogP contribution is 2.18. The van der Waals surface area contributed by atoms with Crippen LogP contribution in [0, 0.1) is 3.57 Å². The molecule has 0 saturated carbocycles. The second-order valence-electron chi connectivity index (χ2n) is 5.91. The monoisotopic (exact) mass is 467 g/mol. The van der Waals surface area contributed by atoms with E-state index in [4.69, 9.17) is 0 Å². The van der Waals surface area contributed by atoms with Crippen molar-refractivity contribution in [1.29, 1.82) is 0 Å². The molecule has 0 aliphatic rings. The fourth-order valence-electron chi connectivity index (χ4n) is 2.86. The van der Waals surface area contributed by atoms with Crippen molar-refractivity contribution in [3.8, 4) is 5.69 Å². The first-order valence-corrected chi connectivity index (χ1v) is 9.36. The first-order valence-electron chi connectivity index (χ1n) is 8.28. The van der Waals surface area contributed by atoms with E-state index in [2.05, 4.69) is 33.0 Å². The van der Waals surface area contributed by atoms with Gasteiger partial charge < -0.3 is 5.32 Å². The number of aromatic nitrogens is 2. The van der Waals surface area contributed by atoms with Gasteiger partial charge in [-0.15, -0.1) is 0 Å². The average Bonchev–Trinajstić information content (AvgIpc) is 2.69. The summed E-state index contributed by atoms with van der Waals surface area (Å²) in [4.78, 5) is 25.8. The molecule has 0 aliphatic heterocycles. The number of halogens is 1. The molecular weight excluding hydrogens is 453 g/mol. The normalized spacial score (nSPS) is 10.7. The molecule has 132 valence electrons. The Labute approximate surface area is 168 Å². The van der Waals surface area contributed by atoms with Gasteiger partial charge >= 0.3 is 0 Å². The number of carbonyl (C=O) groups excluding carboxylic acids is 1. The van der Waals surface area contributed by atoms with Gasteiger partial charge in [-0.3, -0.25) is 9.59 Å². The van der Waals surface area contributed by atoms with Crippen LogP contribution >= 0.6 is 22.6 Å². The molecule has 3 aromatic carbocycles. The summed E-state index contributed by atoms with van der Waals surface area (Å²) in [6, 6.07) is 23.6. The van der Waals surface area contributed by atoms with Crippen molar-refractivity contribution in [3.63, 3.8) is 0 Å². The Kier molecular flexibility index (Phi) is 4.72. The summed E-state index contributed by atoms with van der Waals surface area (Å²) in [5.74, 6) is -0.363. The van der Waals surface area contributed by atoms with Gasteiger partial charge in [-0.1, -0.05) is 42.5 Å². The minimum absolute atomic E-state index is 0.202. The number of nitrogens with zero attached hydrogens (tertiary/aromatic N) is 2. The number of rotatable bonds is 3. The standard InChI is InChI=1S/C21H14IN3O2/c22-14-7-6-8-15(13-14)23-20(26)19-17-11-4-5-12-18(17)21(27)25(24-19)16-9-2-1-3-10-16/h1-13H,(H,23,26). The first kappa shape index (κ1) is 17.4. The molecule has 27 heavy (non-hydrogen) atoms. The summed E-state index contributed by atoms with van der Waals surface area (Å²) in [5, 5.41) is 8.22. The van der Waals surface area contributed by atoms with Crippen LogP contribution in [-0.4, -0.2) is 15.7 Å².